The molecule has 0 bridgehead atoms. The predicted molar refractivity (Wildman–Crippen MR) is 64.2 cm³/mol. The van der Waals surface area contributed by atoms with Gasteiger partial charge in [-0.1, -0.05) is 6.92 Å². The van der Waals surface area contributed by atoms with Crippen molar-refractivity contribution in [3.8, 4) is 0 Å². The van der Waals surface area contributed by atoms with Gasteiger partial charge >= 0.3 is 6.18 Å². The van der Waals surface area contributed by atoms with Gasteiger partial charge < -0.3 is 15.1 Å². The molecule has 3 nitrogen and oxygen atoms in total. The van der Waals surface area contributed by atoms with Crippen LogP contribution in [0.25, 0.3) is 0 Å². The molecule has 0 amide bonds. The molecule has 0 aliphatic heterocycles. The molecule has 0 rings (SSSR count). The third kappa shape index (κ3) is 11.9. The van der Waals surface area contributed by atoms with Gasteiger partial charge in [0.15, 0.2) is 0 Å². The van der Waals surface area contributed by atoms with E-state index < -0.39 is 12.7 Å². The first kappa shape index (κ1) is 16.7. The monoisotopic (exact) mass is 255 g/mol. The number of alkyl halides is 3. The average Bonchev–Trinajstić information content (AvgIpc) is 2.19. The Balaban J connectivity index is 3.69. The molecule has 0 heterocycles. The molecule has 0 atom stereocenters. The summed E-state index contributed by atoms with van der Waals surface area (Å²) < 4.78 is 35.7. The second kappa shape index (κ2) is 8.72. The summed E-state index contributed by atoms with van der Waals surface area (Å²) in [4.78, 5) is 4.26. The highest BCUT2D eigenvalue weighted by molar-refractivity contribution is 4.63. The Morgan fingerprint density at radius 1 is 1.00 bits per heavy atom. The Hall–Kier alpha value is -0.330. The summed E-state index contributed by atoms with van der Waals surface area (Å²) in [5, 5.41) is 2.42. The molecule has 0 aromatic rings. The van der Waals surface area contributed by atoms with Gasteiger partial charge in [-0.3, -0.25) is 0 Å². The third-order valence-electron chi connectivity index (χ3n) is 2.33. The fraction of sp³-hybridized carbons (Fsp3) is 1.00. The summed E-state index contributed by atoms with van der Waals surface area (Å²) in [6.07, 6.45) is -3.09. The lowest BCUT2D eigenvalue weighted by molar-refractivity contribution is -0.124. The van der Waals surface area contributed by atoms with E-state index in [1.807, 2.05) is 14.1 Å². The largest absolute Gasteiger partial charge is 0.401 e. The van der Waals surface area contributed by atoms with Crippen LogP contribution < -0.4 is 5.32 Å². The van der Waals surface area contributed by atoms with Gasteiger partial charge in [0.25, 0.3) is 0 Å². The van der Waals surface area contributed by atoms with Crippen molar-refractivity contribution >= 4 is 0 Å². The maximum Gasteiger partial charge on any atom is 0.401 e. The number of nitrogens with one attached hydrogen (secondary N) is 1. The molecule has 0 aliphatic carbocycles. The molecule has 0 aliphatic rings. The zero-order valence-corrected chi connectivity index (χ0v) is 11.0. The van der Waals surface area contributed by atoms with Crippen LogP contribution in [0.15, 0.2) is 0 Å². The highest BCUT2D eigenvalue weighted by Gasteiger charge is 2.25. The number of likely N-dealkylation sites (N-methyl/N-ethyl adjacent to an activating group) is 1. The number of hydrogen-bond donors (Lipinski definition) is 1. The third-order valence-corrected chi connectivity index (χ3v) is 2.33. The van der Waals surface area contributed by atoms with E-state index in [1.54, 1.807) is 0 Å². The van der Waals surface area contributed by atoms with Gasteiger partial charge in [0.2, 0.25) is 0 Å². The van der Waals surface area contributed by atoms with E-state index in [2.05, 4.69) is 22.0 Å². The van der Waals surface area contributed by atoms with Crippen LogP contribution in [0.1, 0.15) is 13.3 Å². The fourth-order valence-electron chi connectivity index (χ4n) is 1.46. The number of halogens is 3. The molecule has 0 radical (unpaired) electrons. The molecule has 17 heavy (non-hydrogen) atoms. The van der Waals surface area contributed by atoms with Crippen molar-refractivity contribution in [2.75, 3.05) is 53.4 Å². The standard InChI is InChI=1S/C11H24F3N3/c1-4-6-17(9-8-16(2)3)7-5-15-10-11(12,13)14/h15H,4-10H2,1-3H3. The predicted octanol–water partition coefficient (Wildman–Crippen LogP) is 1.41. The molecule has 0 saturated carbocycles. The van der Waals surface area contributed by atoms with Crippen molar-refractivity contribution in [2.45, 2.75) is 19.5 Å². The van der Waals surface area contributed by atoms with E-state index in [1.165, 1.54) is 0 Å². The minimum atomic E-state index is -4.11. The zero-order chi connectivity index (χ0) is 13.3. The molecular weight excluding hydrogens is 231 g/mol. The second-order valence-electron chi connectivity index (χ2n) is 4.44. The van der Waals surface area contributed by atoms with E-state index in [0.29, 0.717) is 13.1 Å². The van der Waals surface area contributed by atoms with E-state index >= 15 is 0 Å². The fourth-order valence-corrected chi connectivity index (χ4v) is 1.46. The molecule has 0 saturated heterocycles. The van der Waals surface area contributed by atoms with Gasteiger partial charge in [-0.05, 0) is 27.1 Å². The Morgan fingerprint density at radius 2 is 1.65 bits per heavy atom. The van der Waals surface area contributed by atoms with Crippen molar-refractivity contribution in [1.29, 1.82) is 0 Å². The van der Waals surface area contributed by atoms with Crippen LogP contribution in [-0.2, 0) is 0 Å². The van der Waals surface area contributed by atoms with Crippen molar-refractivity contribution in [3.63, 3.8) is 0 Å². The lowest BCUT2D eigenvalue weighted by Crippen LogP contribution is -2.39. The van der Waals surface area contributed by atoms with Gasteiger partial charge in [0.05, 0.1) is 6.54 Å². The lowest BCUT2D eigenvalue weighted by Gasteiger charge is -2.23. The summed E-state index contributed by atoms with van der Waals surface area (Å²) in [7, 11) is 3.98. The van der Waals surface area contributed by atoms with E-state index in [4.69, 9.17) is 0 Å². The van der Waals surface area contributed by atoms with Gasteiger partial charge in [0, 0.05) is 26.2 Å². The molecule has 104 valence electrons. The summed E-state index contributed by atoms with van der Waals surface area (Å²) >= 11 is 0. The van der Waals surface area contributed by atoms with Gasteiger partial charge in [-0.15, -0.1) is 0 Å². The van der Waals surface area contributed by atoms with Gasteiger partial charge in [-0.25, -0.2) is 0 Å². The summed E-state index contributed by atoms with van der Waals surface area (Å²) in [5.41, 5.74) is 0. The van der Waals surface area contributed by atoms with Gasteiger partial charge in [-0.2, -0.15) is 13.2 Å². The Morgan fingerprint density at radius 3 is 2.12 bits per heavy atom. The van der Waals surface area contributed by atoms with E-state index in [0.717, 1.165) is 26.1 Å². The van der Waals surface area contributed by atoms with Gasteiger partial charge in [0.1, 0.15) is 0 Å². The first-order chi connectivity index (χ1) is 7.85. The van der Waals surface area contributed by atoms with Crippen molar-refractivity contribution in [3.05, 3.63) is 0 Å². The maximum atomic E-state index is 11.9. The minimum absolute atomic E-state index is 0.382. The van der Waals surface area contributed by atoms with Crippen LogP contribution in [0.4, 0.5) is 13.2 Å². The molecule has 0 fully saturated rings. The summed E-state index contributed by atoms with van der Waals surface area (Å²) in [6, 6.07) is 0. The summed E-state index contributed by atoms with van der Waals surface area (Å²) in [6.45, 7) is 4.98. The first-order valence-corrected chi connectivity index (χ1v) is 5.99. The molecule has 0 aromatic heterocycles. The summed E-state index contributed by atoms with van der Waals surface area (Å²) in [5.74, 6) is 0. The Kier molecular flexibility index (Phi) is 8.55. The number of nitrogens with zero attached hydrogens (tertiary/aromatic N) is 2. The van der Waals surface area contributed by atoms with Crippen molar-refractivity contribution in [2.24, 2.45) is 0 Å². The van der Waals surface area contributed by atoms with E-state index in [9.17, 15) is 13.2 Å². The lowest BCUT2D eigenvalue weighted by atomic mass is 10.3. The maximum absolute atomic E-state index is 11.9. The highest BCUT2D eigenvalue weighted by Crippen LogP contribution is 2.11. The van der Waals surface area contributed by atoms with Crippen LogP contribution in [0.2, 0.25) is 0 Å². The number of rotatable bonds is 9. The molecule has 6 heteroatoms. The van der Waals surface area contributed by atoms with Crippen LogP contribution in [0.3, 0.4) is 0 Å². The Bertz CT molecular complexity index is 183. The molecule has 0 unspecified atom stereocenters. The molecule has 0 aromatic carbocycles. The Labute approximate surface area is 102 Å². The quantitative estimate of drug-likeness (QED) is 0.629. The van der Waals surface area contributed by atoms with Crippen LogP contribution in [0.5, 0.6) is 0 Å². The zero-order valence-electron chi connectivity index (χ0n) is 11.0. The average molecular weight is 255 g/mol. The SMILES string of the molecule is CCCN(CCNCC(F)(F)F)CCN(C)C. The first-order valence-electron chi connectivity index (χ1n) is 5.99. The molecule has 0 spiro atoms. The smallest absolute Gasteiger partial charge is 0.308 e. The van der Waals surface area contributed by atoms with Crippen LogP contribution in [0, 0.1) is 0 Å². The highest BCUT2D eigenvalue weighted by atomic mass is 19.4. The number of hydrogen-bond acceptors (Lipinski definition) is 3. The van der Waals surface area contributed by atoms with Crippen LogP contribution in [-0.4, -0.2) is 69.3 Å². The van der Waals surface area contributed by atoms with Crippen molar-refractivity contribution < 1.29 is 13.2 Å². The molecular formula is C11H24F3N3. The van der Waals surface area contributed by atoms with Crippen LogP contribution >= 0.6 is 0 Å². The normalized spacial score (nSPS) is 12.7. The second-order valence-corrected chi connectivity index (χ2v) is 4.44. The van der Waals surface area contributed by atoms with Crippen molar-refractivity contribution in [1.82, 2.24) is 15.1 Å². The van der Waals surface area contributed by atoms with E-state index in [-0.39, 0.29) is 0 Å². The minimum Gasteiger partial charge on any atom is -0.308 e. The molecule has 1 N–H and O–H groups in total. The topological polar surface area (TPSA) is 18.5 Å².